The fourth-order valence-electron chi connectivity index (χ4n) is 3.00. The molecule has 0 unspecified atom stereocenters. The lowest BCUT2D eigenvalue weighted by atomic mass is 9.80. The molecule has 16 heavy (non-hydrogen) atoms. The van der Waals surface area contributed by atoms with Crippen molar-refractivity contribution in [3.05, 3.63) is 0 Å². The first-order valence-corrected chi connectivity index (χ1v) is 7.10. The highest BCUT2D eigenvalue weighted by Gasteiger charge is 2.35. The maximum Gasteiger partial charge on any atom is 0.0331 e. The van der Waals surface area contributed by atoms with Gasteiger partial charge in [0.05, 0.1) is 0 Å². The first kappa shape index (κ1) is 14.0. The van der Waals surface area contributed by atoms with Crippen molar-refractivity contribution in [3.8, 4) is 0 Å². The molecular formula is C14H30N2. The third kappa shape index (κ3) is 3.46. The average molecular weight is 226 g/mol. The predicted octanol–water partition coefficient (Wildman–Crippen LogP) is 3.02. The van der Waals surface area contributed by atoms with Crippen LogP contribution in [-0.2, 0) is 0 Å². The Balaban J connectivity index is 2.58. The van der Waals surface area contributed by atoms with Crippen molar-refractivity contribution in [1.29, 1.82) is 0 Å². The molecule has 2 heteroatoms. The zero-order valence-corrected chi connectivity index (χ0v) is 11.5. The fourth-order valence-corrected chi connectivity index (χ4v) is 3.00. The van der Waals surface area contributed by atoms with Crippen molar-refractivity contribution in [1.82, 2.24) is 4.90 Å². The van der Waals surface area contributed by atoms with E-state index in [1.165, 1.54) is 45.1 Å². The quantitative estimate of drug-likeness (QED) is 0.754. The van der Waals surface area contributed by atoms with Crippen LogP contribution in [0.15, 0.2) is 0 Å². The highest BCUT2D eigenvalue weighted by atomic mass is 15.2. The van der Waals surface area contributed by atoms with Crippen LogP contribution in [0.4, 0.5) is 0 Å². The summed E-state index contributed by atoms with van der Waals surface area (Å²) in [5.74, 6) is 0.799. The van der Waals surface area contributed by atoms with Gasteiger partial charge in [0.2, 0.25) is 0 Å². The van der Waals surface area contributed by atoms with E-state index in [0.717, 1.165) is 19.0 Å². The van der Waals surface area contributed by atoms with Crippen LogP contribution in [0.25, 0.3) is 0 Å². The second-order valence-corrected chi connectivity index (χ2v) is 5.75. The number of hydrogen-bond donors (Lipinski definition) is 1. The molecule has 0 spiro atoms. The summed E-state index contributed by atoms with van der Waals surface area (Å²) in [6, 6.07) is 0. The van der Waals surface area contributed by atoms with Crippen LogP contribution in [-0.4, -0.2) is 30.1 Å². The lowest BCUT2D eigenvalue weighted by molar-refractivity contribution is 0.0577. The largest absolute Gasteiger partial charge is 0.329 e. The van der Waals surface area contributed by atoms with E-state index in [9.17, 15) is 0 Å². The lowest BCUT2D eigenvalue weighted by Gasteiger charge is -2.46. The molecule has 96 valence electrons. The highest BCUT2D eigenvalue weighted by molar-refractivity contribution is 4.93. The zero-order chi connectivity index (χ0) is 12.0. The monoisotopic (exact) mass is 226 g/mol. The minimum atomic E-state index is 0.335. The number of nitrogens with zero attached hydrogens (tertiary/aromatic N) is 1. The van der Waals surface area contributed by atoms with Gasteiger partial charge < -0.3 is 5.73 Å². The van der Waals surface area contributed by atoms with Crippen LogP contribution < -0.4 is 5.73 Å². The molecule has 0 atom stereocenters. The third-order valence-electron chi connectivity index (χ3n) is 4.19. The van der Waals surface area contributed by atoms with E-state index < -0.39 is 0 Å². The summed E-state index contributed by atoms with van der Waals surface area (Å²) in [5.41, 5.74) is 6.41. The molecular weight excluding hydrogens is 196 g/mol. The van der Waals surface area contributed by atoms with Gasteiger partial charge >= 0.3 is 0 Å². The van der Waals surface area contributed by atoms with Crippen molar-refractivity contribution >= 4 is 0 Å². The summed E-state index contributed by atoms with van der Waals surface area (Å²) in [6.07, 6.45) is 8.08. The Morgan fingerprint density at radius 1 is 1.19 bits per heavy atom. The number of likely N-dealkylation sites (N-methyl/N-ethyl adjacent to an activating group) is 1. The van der Waals surface area contributed by atoms with Crippen molar-refractivity contribution in [2.75, 3.05) is 19.6 Å². The lowest BCUT2D eigenvalue weighted by Crippen LogP contribution is -2.55. The fraction of sp³-hybridized carbons (Fsp3) is 1.00. The van der Waals surface area contributed by atoms with Crippen LogP contribution in [0.1, 0.15) is 59.3 Å². The minimum Gasteiger partial charge on any atom is -0.329 e. The van der Waals surface area contributed by atoms with E-state index in [1.807, 2.05) is 0 Å². The Bertz CT molecular complexity index is 183. The molecule has 1 rings (SSSR count). The van der Waals surface area contributed by atoms with Gasteiger partial charge in [-0.25, -0.2) is 0 Å². The molecule has 0 aromatic rings. The summed E-state index contributed by atoms with van der Waals surface area (Å²) in [5, 5.41) is 0. The summed E-state index contributed by atoms with van der Waals surface area (Å²) >= 11 is 0. The molecule has 1 aliphatic carbocycles. The van der Waals surface area contributed by atoms with Gasteiger partial charge in [0.15, 0.2) is 0 Å². The van der Waals surface area contributed by atoms with Gasteiger partial charge in [-0.1, -0.05) is 40.0 Å². The van der Waals surface area contributed by atoms with Crippen molar-refractivity contribution in [3.63, 3.8) is 0 Å². The molecule has 0 bridgehead atoms. The van der Waals surface area contributed by atoms with Crippen molar-refractivity contribution in [2.45, 2.75) is 64.8 Å². The topological polar surface area (TPSA) is 29.3 Å². The van der Waals surface area contributed by atoms with Gasteiger partial charge in [0.25, 0.3) is 0 Å². The second-order valence-electron chi connectivity index (χ2n) is 5.75. The molecule has 0 aromatic carbocycles. The Hall–Kier alpha value is -0.0800. The maximum atomic E-state index is 6.08. The van der Waals surface area contributed by atoms with Gasteiger partial charge in [0.1, 0.15) is 0 Å². The minimum absolute atomic E-state index is 0.335. The molecule has 0 heterocycles. The Morgan fingerprint density at radius 3 is 2.25 bits per heavy atom. The molecule has 0 saturated heterocycles. The predicted molar refractivity (Wildman–Crippen MR) is 71.6 cm³/mol. The van der Waals surface area contributed by atoms with E-state index in [4.69, 9.17) is 5.73 Å². The molecule has 0 aromatic heterocycles. The zero-order valence-electron chi connectivity index (χ0n) is 11.5. The molecule has 1 aliphatic rings. The highest BCUT2D eigenvalue weighted by Crippen LogP contribution is 2.33. The number of hydrogen-bond acceptors (Lipinski definition) is 2. The van der Waals surface area contributed by atoms with Gasteiger partial charge in [-0.05, 0) is 38.3 Å². The van der Waals surface area contributed by atoms with Crippen molar-refractivity contribution < 1.29 is 0 Å². The van der Waals surface area contributed by atoms with Gasteiger partial charge in [-0.3, -0.25) is 4.90 Å². The van der Waals surface area contributed by atoms with Gasteiger partial charge in [-0.15, -0.1) is 0 Å². The molecule has 0 aliphatic heterocycles. The molecule has 1 fully saturated rings. The number of nitrogens with two attached hydrogens (primary N) is 1. The van der Waals surface area contributed by atoms with Crippen LogP contribution in [0.2, 0.25) is 0 Å². The molecule has 1 saturated carbocycles. The first-order chi connectivity index (χ1) is 7.64. The van der Waals surface area contributed by atoms with Crippen LogP contribution in [0, 0.1) is 5.92 Å². The van der Waals surface area contributed by atoms with E-state index in [-0.39, 0.29) is 0 Å². The Labute approximate surface area is 102 Å². The summed E-state index contributed by atoms with van der Waals surface area (Å²) in [6.45, 7) is 10.1. The van der Waals surface area contributed by atoms with E-state index in [2.05, 4.69) is 25.7 Å². The number of rotatable bonds is 6. The standard InChI is InChI=1S/C14H30N2/c1-4-16(11-8-13(2)3)14(12-15)9-6-5-7-10-14/h13H,4-12,15H2,1-3H3. The van der Waals surface area contributed by atoms with Gasteiger partial charge in [0, 0.05) is 12.1 Å². The van der Waals surface area contributed by atoms with Crippen LogP contribution in [0.3, 0.4) is 0 Å². The Morgan fingerprint density at radius 2 is 1.81 bits per heavy atom. The van der Waals surface area contributed by atoms with Crippen molar-refractivity contribution in [2.24, 2.45) is 11.7 Å². The summed E-state index contributed by atoms with van der Waals surface area (Å²) in [7, 11) is 0. The first-order valence-electron chi connectivity index (χ1n) is 7.10. The Kier molecular flexibility index (Phi) is 5.77. The molecule has 0 amide bonds. The average Bonchev–Trinajstić information content (AvgIpc) is 2.30. The second kappa shape index (κ2) is 6.61. The molecule has 2 nitrogen and oxygen atoms in total. The molecule has 2 N–H and O–H groups in total. The maximum absolute atomic E-state index is 6.08. The smallest absolute Gasteiger partial charge is 0.0331 e. The van der Waals surface area contributed by atoms with E-state index in [0.29, 0.717) is 5.54 Å². The van der Waals surface area contributed by atoms with Crippen LogP contribution in [0.5, 0.6) is 0 Å². The summed E-state index contributed by atoms with van der Waals surface area (Å²) in [4.78, 5) is 2.66. The van der Waals surface area contributed by atoms with E-state index in [1.54, 1.807) is 0 Å². The normalized spacial score (nSPS) is 20.6. The SMILES string of the molecule is CCN(CCC(C)C)C1(CN)CCCCC1. The van der Waals surface area contributed by atoms with Gasteiger partial charge in [-0.2, -0.15) is 0 Å². The summed E-state index contributed by atoms with van der Waals surface area (Å²) < 4.78 is 0. The van der Waals surface area contributed by atoms with Crippen LogP contribution >= 0.6 is 0 Å². The third-order valence-corrected chi connectivity index (χ3v) is 4.19. The van der Waals surface area contributed by atoms with E-state index >= 15 is 0 Å². The molecule has 0 radical (unpaired) electrons.